The number of hydrogen-bond donors (Lipinski definition) is 0. The van der Waals surface area contributed by atoms with Gasteiger partial charge in [-0.3, -0.25) is 0 Å². The van der Waals surface area contributed by atoms with Crippen LogP contribution in [0.25, 0.3) is 0 Å². The fraction of sp³-hybridized carbons (Fsp3) is 0.385. The van der Waals surface area contributed by atoms with Crippen molar-refractivity contribution in [2.24, 2.45) is 5.16 Å². The van der Waals surface area contributed by atoms with Crippen LogP contribution in [-0.4, -0.2) is 11.7 Å². The van der Waals surface area contributed by atoms with Crippen molar-refractivity contribution < 1.29 is 9.63 Å². The third kappa shape index (κ3) is 4.26. The molecule has 0 unspecified atom stereocenters. The summed E-state index contributed by atoms with van der Waals surface area (Å²) in [6.07, 6.45) is 2.26. The SMILES string of the molecule is CCCCC(=O)O/N=C(\C)c1ccccc1. The van der Waals surface area contributed by atoms with Gasteiger partial charge in [-0.05, 0) is 18.9 Å². The Morgan fingerprint density at radius 2 is 2.00 bits per heavy atom. The number of oxime groups is 1. The first-order valence-electron chi connectivity index (χ1n) is 5.54. The lowest BCUT2D eigenvalue weighted by molar-refractivity contribution is -0.143. The minimum Gasteiger partial charge on any atom is -0.318 e. The summed E-state index contributed by atoms with van der Waals surface area (Å²) in [5.74, 6) is -0.267. The highest BCUT2D eigenvalue weighted by Crippen LogP contribution is 2.02. The second-order valence-electron chi connectivity index (χ2n) is 3.61. The topological polar surface area (TPSA) is 38.7 Å². The molecular weight excluding hydrogens is 202 g/mol. The van der Waals surface area contributed by atoms with Crippen LogP contribution in [0.2, 0.25) is 0 Å². The Bertz CT molecular complexity index is 357. The Labute approximate surface area is 96.1 Å². The average molecular weight is 219 g/mol. The summed E-state index contributed by atoms with van der Waals surface area (Å²) in [5.41, 5.74) is 1.68. The molecule has 0 aromatic heterocycles. The van der Waals surface area contributed by atoms with Gasteiger partial charge in [0, 0.05) is 6.42 Å². The zero-order valence-corrected chi connectivity index (χ0v) is 9.77. The van der Waals surface area contributed by atoms with E-state index in [0.717, 1.165) is 18.4 Å². The maximum atomic E-state index is 11.2. The lowest BCUT2D eigenvalue weighted by atomic mass is 10.1. The van der Waals surface area contributed by atoms with Gasteiger partial charge in [0.1, 0.15) is 0 Å². The molecule has 0 radical (unpaired) electrons. The molecule has 0 fully saturated rings. The van der Waals surface area contributed by atoms with E-state index < -0.39 is 0 Å². The van der Waals surface area contributed by atoms with Crippen molar-refractivity contribution in [1.29, 1.82) is 0 Å². The summed E-state index contributed by atoms with van der Waals surface area (Å²) < 4.78 is 0. The smallest absolute Gasteiger partial charge is 0.318 e. The number of nitrogens with zero attached hydrogens (tertiary/aromatic N) is 1. The molecule has 16 heavy (non-hydrogen) atoms. The third-order valence-electron chi connectivity index (χ3n) is 2.21. The van der Waals surface area contributed by atoms with E-state index in [2.05, 4.69) is 5.16 Å². The van der Waals surface area contributed by atoms with Gasteiger partial charge in [0.05, 0.1) is 5.71 Å². The van der Waals surface area contributed by atoms with Crippen LogP contribution >= 0.6 is 0 Å². The molecule has 0 aliphatic heterocycles. The molecule has 0 heterocycles. The van der Waals surface area contributed by atoms with Crippen molar-refractivity contribution in [2.75, 3.05) is 0 Å². The predicted molar refractivity (Wildman–Crippen MR) is 64.3 cm³/mol. The average Bonchev–Trinajstić information content (AvgIpc) is 2.34. The van der Waals surface area contributed by atoms with E-state index in [1.54, 1.807) is 0 Å². The standard InChI is InChI=1S/C13H17NO2/c1-3-4-10-13(15)16-14-11(2)12-8-6-5-7-9-12/h5-9H,3-4,10H2,1-2H3/b14-11+. The van der Waals surface area contributed by atoms with Gasteiger partial charge in [-0.1, -0.05) is 48.8 Å². The summed E-state index contributed by atoms with van der Waals surface area (Å²) in [5, 5.41) is 3.81. The highest BCUT2D eigenvalue weighted by molar-refractivity contribution is 5.98. The second-order valence-corrected chi connectivity index (χ2v) is 3.61. The number of carbonyl (C=O) groups excluding carboxylic acids is 1. The maximum Gasteiger partial charge on any atom is 0.335 e. The third-order valence-corrected chi connectivity index (χ3v) is 2.21. The zero-order valence-electron chi connectivity index (χ0n) is 9.77. The zero-order chi connectivity index (χ0) is 11.8. The fourth-order valence-corrected chi connectivity index (χ4v) is 1.22. The maximum absolute atomic E-state index is 11.2. The van der Waals surface area contributed by atoms with Crippen LogP contribution in [0.3, 0.4) is 0 Å². The first-order valence-corrected chi connectivity index (χ1v) is 5.54. The number of unbranched alkanes of at least 4 members (excludes halogenated alkanes) is 1. The molecule has 0 aliphatic carbocycles. The number of hydrogen-bond acceptors (Lipinski definition) is 3. The first kappa shape index (κ1) is 12.4. The van der Waals surface area contributed by atoms with Crippen LogP contribution in [0.5, 0.6) is 0 Å². The van der Waals surface area contributed by atoms with Gasteiger partial charge in [-0.2, -0.15) is 0 Å². The van der Waals surface area contributed by atoms with E-state index in [1.165, 1.54) is 0 Å². The Morgan fingerprint density at radius 1 is 1.31 bits per heavy atom. The van der Waals surface area contributed by atoms with Crippen LogP contribution in [0.15, 0.2) is 35.5 Å². The molecule has 86 valence electrons. The summed E-state index contributed by atoms with van der Waals surface area (Å²) >= 11 is 0. The molecule has 3 heteroatoms. The van der Waals surface area contributed by atoms with Gasteiger partial charge in [0.15, 0.2) is 0 Å². The van der Waals surface area contributed by atoms with Gasteiger partial charge in [0.25, 0.3) is 0 Å². The molecule has 1 rings (SSSR count). The van der Waals surface area contributed by atoms with Crippen LogP contribution in [0.1, 0.15) is 38.7 Å². The summed E-state index contributed by atoms with van der Waals surface area (Å²) in [6.45, 7) is 3.86. The first-order chi connectivity index (χ1) is 7.74. The van der Waals surface area contributed by atoms with Gasteiger partial charge >= 0.3 is 5.97 Å². The Kier molecular flexibility index (Phi) is 5.26. The van der Waals surface area contributed by atoms with Crippen molar-refractivity contribution >= 4 is 11.7 Å². The molecule has 0 spiro atoms. The van der Waals surface area contributed by atoms with Crippen molar-refractivity contribution in [3.05, 3.63) is 35.9 Å². The molecule has 0 N–H and O–H groups in total. The molecular formula is C13H17NO2. The van der Waals surface area contributed by atoms with Crippen LogP contribution in [0, 0.1) is 0 Å². The van der Waals surface area contributed by atoms with Gasteiger partial charge < -0.3 is 4.84 Å². The predicted octanol–water partition coefficient (Wildman–Crippen LogP) is 3.14. The highest BCUT2D eigenvalue weighted by Gasteiger charge is 2.02. The van der Waals surface area contributed by atoms with Crippen molar-refractivity contribution in [1.82, 2.24) is 0 Å². The van der Waals surface area contributed by atoms with Gasteiger partial charge in [-0.15, -0.1) is 0 Å². The molecule has 0 amide bonds. The molecule has 0 saturated heterocycles. The number of rotatable bonds is 5. The lowest BCUT2D eigenvalue weighted by Gasteiger charge is -2.00. The van der Waals surface area contributed by atoms with Gasteiger partial charge in [-0.25, -0.2) is 4.79 Å². The normalized spacial score (nSPS) is 11.2. The summed E-state index contributed by atoms with van der Waals surface area (Å²) in [7, 11) is 0. The van der Waals surface area contributed by atoms with Crippen LogP contribution < -0.4 is 0 Å². The van der Waals surface area contributed by atoms with E-state index >= 15 is 0 Å². The minimum absolute atomic E-state index is 0.267. The van der Waals surface area contributed by atoms with E-state index in [4.69, 9.17) is 4.84 Å². The Morgan fingerprint density at radius 3 is 2.62 bits per heavy atom. The van der Waals surface area contributed by atoms with Crippen molar-refractivity contribution in [2.45, 2.75) is 33.1 Å². The number of benzene rings is 1. The fourth-order valence-electron chi connectivity index (χ4n) is 1.22. The molecule has 0 saturated carbocycles. The van der Waals surface area contributed by atoms with E-state index in [9.17, 15) is 4.79 Å². The van der Waals surface area contributed by atoms with Crippen molar-refractivity contribution in [3.63, 3.8) is 0 Å². The quantitative estimate of drug-likeness (QED) is 0.433. The monoisotopic (exact) mass is 219 g/mol. The van der Waals surface area contributed by atoms with Gasteiger partial charge in [0.2, 0.25) is 0 Å². The number of carbonyl (C=O) groups is 1. The Hall–Kier alpha value is -1.64. The largest absolute Gasteiger partial charge is 0.335 e. The molecule has 1 aromatic rings. The van der Waals surface area contributed by atoms with E-state index in [0.29, 0.717) is 12.1 Å². The van der Waals surface area contributed by atoms with E-state index in [1.807, 2.05) is 44.2 Å². The molecule has 3 nitrogen and oxygen atoms in total. The van der Waals surface area contributed by atoms with Crippen molar-refractivity contribution in [3.8, 4) is 0 Å². The molecule has 0 aliphatic rings. The minimum atomic E-state index is -0.267. The second kappa shape index (κ2) is 6.77. The molecule has 0 bridgehead atoms. The molecule has 0 atom stereocenters. The summed E-state index contributed by atoms with van der Waals surface area (Å²) in [4.78, 5) is 16.0. The Balaban J connectivity index is 2.48. The lowest BCUT2D eigenvalue weighted by Crippen LogP contribution is -2.02. The van der Waals surface area contributed by atoms with Crippen LogP contribution in [0.4, 0.5) is 0 Å². The summed E-state index contributed by atoms with van der Waals surface area (Å²) in [6, 6.07) is 9.64. The van der Waals surface area contributed by atoms with E-state index in [-0.39, 0.29) is 5.97 Å². The molecule has 1 aromatic carbocycles. The van der Waals surface area contributed by atoms with Crippen LogP contribution in [-0.2, 0) is 9.63 Å². The highest BCUT2D eigenvalue weighted by atomic mass is 16.7.